The molecule has 0 aliphatic heterocycles. The summed E-state index contributed by atoms with van der Waals surface area (Å²) in [5.74, 6) is 1.29. The number of allylic oxidation sites excluding steroid dienone is 4. The maximum atomic E-state index is 11.1. The highest BCUT2D eigenvalue weighted by molar-refractivity contribution is 7.85. The molecule has 0 heterocycles. The lowest BCUT2D eigenvalue weighted by atomic mass is 10.3. The van der Waals surface area contributed by atoms with Gasteiger partial charge in [-0.25, -0.2) is 0 Å². The summed E-state index contributed by atoms with van der Waals surface area (Å²) in [6.07, 6.45) is 7.68. The Morgan fingerprint density at radius 2 is 2.17 bits per heavy atom. The largest absolute Gasteiger partial charge is 0.259 e. The van der Waals surface area contributed by atoms with Crippen molar-refractivity contribution in [1.82, 2.24) is 0 Å². The van der Waals surface area contributed by atoms with E-state index < -0.39 is 10.8 Å². The third-order valence-corrected chi connectivity index (χ3v) is 2.64. The molecule has 0 aliphatic rings. The summed E-state index contributed by atoms with van der Waals surface area (Å²) < 4.78 is 11.1. The Labute approximate surface area is 77.3 Å². The molecule has 1 atom stereocenters. The van der Waals surface area contributed by atoms with Gasteiger partial charge in [0.1, 0.15) is 0 Å². The van der Waals surface area contributed by atoms with E-state index in [9.17, 15) is 4.21 Å². The number of rotatable bonds is 5. The van der Waals surface area contributed by atoms with Crippen LogP contribution < -0.4 is 0 Å². The highest BCUT2D eigenvalue weighted by Crippen LogP contribution is 1.97. The molecule has 12 heavy (non-hydrogen) atoms. The van der Waals surface area contributed by atoms with Crippen LogP contribution in [-0.2, 0) is 10.8 Å². The van der Waals surface area contributed by atoms with Crippen molar-refractivity contribution >= 4 is 10.8 Å². The Balaban J connectivity index is 3.81. The molecule has 0 aromatic carbocycles. The molecule has 0 saturated carbocycles. The molecule has 0 rings (SSSR count). The summed E-state index contributed by atoms with van der Waals surface area (Å²) in [5, 5.41) is 0. The van der Waals surface area contributed by atoms with Gasteiger partial charge in [0.25, 0.3) is 0 Å². The fourth-order valence-corrected chi connectivity index (χ4v) is 1.37. The van der Waals surface area contributed by atoms with Gasteiger partial charge in [0.15, 0.2) is 0 Å². The van der Waals surface area contributed by atoms with E-state index in [4.69, 9.17) is 0 Å². The Hall–Kier alpha value is -0.630. The molecule has 0 aromatic rings. The van der Waals surface area contributed by atoms with Crippen LogP contribution in [0, 0.1) is 0 Å². The molecule has 68 valence electrons. The van der Waals surface area contributed by atoms with Crippen LogP contribution in [-0.4, -0.2) is 15.7 Å². The van der Waals surface area contributed by atoms with Crippen molar-refractivity contribution in [3.63, 3.8) is 0 Å². The fraction of sp³-hybridized carbons (Fsp3) is 0.400. The van der Waals surface area contributed by atoms with Gasteiger partial charge in [-0.15, -0.1) is 0 Å². The summed E-state index contributed by atoms with van der Waals surface area (Å²) in [7, 11) is -0.737. The van der Waals surface area contributed by atoms with Crippen molar-refractivity contribution in [2.75, 3.05) is 11.5 Å². The first-order valence-electron chi connectivity index (χ1n) is 4.02. The Morgan fingerprint density at radius 3 is 2.67 bits per heavy atom. The first-order chi connectivity index (χ1) is 5.70. The van der Waals surface area contributed by atoms with E-state index in [2.05, 4.69) is 6.58 Å². The zero-order valence-corrected chi connectivity index (χ0v) is 8.56. The summed E-state index contributed by atoms with van der Waals surface area (Å²) in [5.41, 5.74) is 0.924. The molecule has 0 aliphatic carbocycles. The third kappa shape index (κ3) is 6.10. The predicted molar refractivity (Wildman–Crippen MR) is 56.6 cm³/mol. The van der Waals surface area contributed by atoms with E-state index in [1.807, 2.05) is 38.2 Å². The molecule has 2 heteroatoms. The van der Waals surface area contributed by atoms with Gasteiger partial charge in [-0.1, -0.05) is 37.8 Å². The SMILES string of the molecule is C=C(/C=C\C=C/C)CS(=O)CC. The fourth-order valence-electron chi connectivity index (χ4n) is 0.660. The van der Waals surface area contributed by atoms with E-state index in [1.54, 1.807) is 0 Å². The minimum Gasteiger partial charge on any atom is -0.259 e. The highest BCUT2D eigenvalue weighted by Gasteiger charge is 1.95. The van der Waals surface area contributed by atoms with Crippen molar-refractivity contribution in [3.05, 3.63) is 36.5 Å². The zero-order chi connectivity index (χ0) is 9.40. The Kier molecular flexibility index (Phi) is 6.67. The summed E-state index contributed by atoms with van der Waals surface area (Å²) in [4.78, 5) is 0. The van der Waals surface area contributed by atoms with Gasteiger partial charge in [0.05, 0.1) is 0 Å². The molecule has 0 spiro atoms. The van der Waals surface area contributed by atoms with Crippen molar-refractivity contribution in [2.24, 2.45) is 0 Å². The van der Waals surface area contributed by atoms with E-state index >= 15 is 0 Å². The van der Waals surface area contributed by atoms with Gasteiger partial charge in [-0.2, -0.15) is 0 Å². The quantitative estimate of drug-likeness (QED) is 0.600. The lowest BCUT2D eigenvalue weighted by molar-refractivity contribution is 0.685. The van der Waals surface area contributed by atoms with Crippen molar-refractivity contribution < 1.29 is 4.21 Å². The van der Waals surface area contributed by atoms with Gasteiger partial charge in [0.2, 0.25) is 0 Å². The average Bonchev–Trinajstić information content (AvgIpc) is 2.05. The van der Waals surface area contributed by atoms with Gasteiger partial charge in [-0.3, -0.25) is 4.21 Å². The van der Waals surface area contributed by atoms with E-state index in [0.29, 0.717) is 11.5 Å². The van der Waals surface area contributed by atoms with Crippen LogP contribution in [0.2, 0.25) is 0 Å². The standard InChI is InChI=1S/C10H16OS/c1-4-6-7-8-10(3)9-12(11)5-2/h4,6-8H,3,5,9H2,1-2H3/b6-4-,8-7-. The van der Waals surface area contributed by atoms with Crippen molar-refractivity contribution in [1.29, 1.82) is 0 Å². The van der Waals surface area contributed by atoms with E-state index in [0.717, 1.165) is 5.57 Å². The van der Waals surface area contributed by atoms with Gasteiger partial charge >= 0.3 is 0 Å². The molecule has 0 amide bonds. The Morgan fingerprint density at radius 1 is 1.50 bits per heavy atom. The van der Waals surface area contributed by atoms with Crippen LogP contribution in [0.3, 0.4) is 0 Å². The molecule has 1 unspecified atom stereocenters. The molecule has 0 fully saturated rings. The maximum absolute atomic E-state index is 11.1. The molecule has 0 saturated heterocycles. The molecular weight excluding hydrogens is 168 g/mol. The molecule has 0 aromatic heterocycles. The Bertz CT molecular complexity index is 214. The summed E-state index contributed by atoms with van der Waals surface area (Å²) in [6, 6.07) is 0. The van der Waals surface area contributed by atoms with E-state index in [-0.39, 0.29) is 0 Å². The smallest absolute Gasteiger partial charge is 0.0479 e. The minimum atomic E-state index is -0.737. The van der Waals surface area contributed by atoms with Crippen LogP contribution in [0.4, 0.5) is 0 Å². The number of hydrogen-bond acceptors (Lipinski definition) is 1. The lowest BCUT2D eigenvalue weighted by Gasteiger charge is -1.96. The molecule has 1 nitrogen and oxygen atoms in total. The lowest BCUT2D eigenvalue weighted by Crippen LogP contribution is -1.99. The topological polar surface area (TPSA) is 17.1 Å². The summed E-state index contributed by atoms with van der Waals surface area (Å²) >= 11 is 0. The zero-order valence-electron chi connectivity index (χ0n) is 7.75. The number of hydrogen-bond donors (Lipinski definition) is 0. The predicted octanol–water partition coefficient (Wildman–Crippen LogP) is 2.44. The second kappa shape index (κ2) is 7.04. The second-order valence-corrected chi connectivity index (χ2v) is 4.16. The van der Waals surface area contributed by atoms with Crippen LogP contribution >= 0.6 is 0 Å². The third-order valence-electron chi connectivity index (χ3n) is 1.30. The first kappa shape index (κ1) is 11.4. The van der Waals surface area contributed by atoms with Crippen LogP contribution in [0.1, 0.15) is 13.8 Å². The van der Waals surface area contributed by atoms with Crippen molar-refractivity contribution in [3.8, 4) is 0 Å². The van der Waals surface area contributed by atoms with Crippen molar-refractivity contribution in [2.45, 2.75) is 13.8 Å². The van der Waals surface area contributed by atoms with Gasteiger partial charge in [-0.05, 0) is 12.5 Å². The van der Waals surface area contributed by atoms with Crippen LogP contribution in [0.15, 0.2) is 36.5 Å². The van der Waals surface area contributed by atoms with Gasteiger partial charge in [0, 0.05) is 22.3 Å². The minimum absolute atomic E-state index is 0.588. The summed E-state index contributed by atoms with van der Waals surface area (Å²) in [6.45, 7) is 7.67. The molecular formula is C10H16OS. The molecule has 0 N–H and O–H groups in total. The second-order valence-electron chi connectivity index (χ2n) is 2.42. The maximum Gasteiger partial charge on any atom is 0.0479 e. The van der Waals surface area contributed by atoms with Crippen LogP contribution in [0.25, 0.3) is 0 Å². The van der Waals surface area contributed by atoms with E-state index in [1.165, 1.54) is 0 Å². The van der Waals surface area contributed by atoms with Gasteiger partial charge < -0.3 is 0 Å². The first-order valence-corrected chi connectivity index (χ1v) is 5.51. The molecule has 0 bridgehead atoms. The average molecular weight is 184 g/mol. The monoisotopic (exact) mass is 184 g/mol. The highest BCUT2D eigenvalue weighted by atomic mass is 32.2. The molecule has 0 radical (unpaired) electrons. The van der Waals surface area contributed by atoms with Crippen LogP contribution in [0.5, 0.6) is 0 Å². The normalized spacial score (nSPS) is 14.2.